The van der Waals surface area contributed by atoms with Gasteiger partial charge in [-0.3, -0.25) is 0 Å². The van der Waals surface area contributed by atoms with Crippen molar-refractivity contribution in [2.45, 2.75) is 40.5 Å². The summed E-state index contributed by atoms with van der Waals surface area (Å²) in [5, 5.41) is 0. The molecule has 0 N–H and O–H groups in total. The fourth-order valence-corrected chi connectivity index (χ4v) is 1.45. The van der Waals surface area contributed by atoms with Crippen molar-refractivity contribution in [2.24, 2.45) is 0 Å². The standard InChI is InChI=1S/C14H24N.C2H6.CH3.Y/c1-5-9-10-14(7-3)11-13-15(8-4)12-6-2;1-2;;/h5,7,9-10H,1,4,6,8,11-13H2,2-3H3;1-2H3;1H3;/q-1;;-1;/b10-9-,14-7+;;;. The minimum atomic E-state index is 0. The first-order valence-electron chi connectivity index (χ1n) is 6.74. The third kappa shape index (κ3) is 18.3. The molecule has 1 nitrogen and oxygen atoms in total. The Balaban J connectivity index is -0.000000267. The SMILES string of the molecule is C=C/C=C\C(=C/C)CCN(C[CH2-])CCC.CC.[CH3-].[Y]. The van der Waals surface area contributed by atoms with Gasteiger partial charge >= 0.3 is 0 Å². The zero-order valence-corrected chi connectivity index (χ0v) is 16.6. The van der Waals surface area contributed by atoms with Gasteiger partial charge in [-0.1, -0.05) is 57.2 Å². The van der Waals surface area contributed by atoms with Gasteiger partial charge in [-0.15, -0.1) is 6.54 Å². The largest absolute Gasteiger partial charge is 0.358 e. The molecule has 0 aliphatic rings. The van der Waals surface area contributed by atoms with Crippen LogP contribution in [0, 0.1) is 14.4 Å². The molecular weight excluding hydrogens is 307 g/mol. The second-order valence-electron chi connectivity index (χ2n) is 3.55. The number of allylic oxidation sites excluding steroid dienone is 4. The van der Waals surface area contributed by atoms with E-state index in [-0.39, 0.29) is 40.1 Å². The van der Waals surface area contributed by atoms with Crippen molar-refractivity contribution in [1.29, 1.82) is 0 Å². The Morgan fingerprint density at radius 1 is 1.26 bits per heavy atom. The van der Waals surface area contributed by atoms with Crippen molar-refractivity contribution in [3.63, 3.8) is 0 Å². The molecule has 0 aromatic heterocycles. The van der Waals surface area contributed by atoms with E-state index in [9.17, 15) is 0 Å². The summed E-state index contributed by atoms with van der Waals surface area (Å²) in [5.74, 6) is 0. The summed E-state index contributed by atoms with van der Waals surface area (Å²) in [6.45, 7) is 19.0. The van der Waals surface area contributed by atoms with Crippen LogP contribution in [-0.2, 0) is 32.7 Å². The Morgan fingerprint density at radius 2 is 1.84 bits per heavy atom. The molecule has 0 fully saturated rings. The molecule has 19 heavy (non-hydrogen) atoms. The van der Waals surface area contributed by atoms with Crippen LogP contribution < -0.4 is 0 Å². The second kappa shape index (κ2) is 23.4. The Labute approximate surface area is 148 Å². The molecule has 0 saturated carbocycles. The molecule has 0 spiro atoms. The first-order valence-corrected chi connectivity index (χ1v) is 6.74. The third-order valence-corrected chi connectivity index (χ3v) is 2.39. The Bertz CT molecular complexity index is 219. The van der Waals surface area contributed by atoms with E-state index in [1.54, 1.807) is 0 Å². The molecular formula is C17H33NY-2. The Kier molecular flexibility index (Phi) is 34.0. The molecule has 1 radical (unpaired) electrons. The van der Waals surface area contributed by atoms with Crippen LogP contribution in [0.25, 0.3) is 0 Å². The van der Waals surface area contributed by atoms with Crippen LogP contribution in [0.2, 0.25) is 0 Å². The van der Waals surface area contributed by atoms with E-state index < -0.39 is 0 Å². The smallest absolute Gasteiger partial charge is 0 e. The summed E-state index contributed by atoms with van der Waals surface area (Å²) in [6, 6.07) is 0. The van der Waals surface area contributed by atoms with Crippen LogP contribution in [0.15, 0.2) is 36.5 Å². The molecule has 0 heterocycles. The number of rotatable bonds is 8. The van der Waals surface area contributed by atoms with E-state index in [4.69, 9.17) is 0 Å². The molecule has 0 saturated heterocycles. The van der Waals surface area contributed by atoms with Crippen molar-refractivity contribution in [2.75, 3.05) is 19.6 Å². The van der Waals surface area contributed by atoms with Crippen LogP contribution in [0.4, 0.5) is 0 Å². The minimum Gasteiger partial charge on any atom is -0.358 e. The zero-order chi connectivity index (χ0) is 13.5. The van der Waals surface area contributed by atoms with E-state index in [1.165, 1.54) is 12.0 Å². The second-order valence-corrected chi connectivity index (χ2v) is 3.55. The van der Waals surface area contributed by atoms with Crippen LogP contribution in [0.1, 0.15) is 40.5 Å². The van der Waals surface area contributed by atoms with Gasteiger partial charge in [0.15, 0.2) is 0 Å². The molecule has 0 aliphatic carbocycles. The van der Waals surface area contributed by atoms with E-state index >= 15 is 0 Å². The molecule has 0 aromatic rings. The average molecular weight is 340 g/mol. The molecule has 0 aromatic carbocycles. The molecule has 2 heteroatoms. The average Bonchev–Trinajstić information content (AvgIpc) is 2.39. The van der Waals surface area contributed by atoms with Gasteiger partial charge in [0.05, 0.1) is 0 Å². The van der Waals surface area contributed by atoms with Crippen LogP contribution in [0.5, 0.6) is 0 Å². The first-order chi connectivity index (χ1) is 8.28. The topological polar surface area (TPSA) is 3.24 Å². The number of nitrogens with zero attached hydrogens (tertiary/aromatic N) is 1. The normalized spacial score (nSPS) is 10.3. The molecule has 0 atom stereocenters. The summed E-state index contributed by atoms with van der Waals surface area (Å²) in [6.07, 6.45) is 10.4. The van der Waals surface area contributed by atoms with Crippen molar-refractivity contribution < 1.29 is 32.7 Å². The van der Waals surface area contributed by atoms with Gasteiger partial charge in [-0.2, -0.15) is 0 Å². The minimum absolute atomic E-state index is 0. The molecule has 0 bridgehead atoms. The quantitative estimate of drug-likeness (QED) is 0.440. The number of hydrogen-bond donors (Lipinski definition) is 0. The van der Waals surface area contributed by atoms with Crippen molar-refractivity contribution in [1.82, 2.24) is 4.90 Å². The Hall–Kier alpha value is 0.284. The molecule has 0 amide bonds. The van der Waals surface area contributed by atoms with Gasteiger partial charge in [0.25, 0.3) is 0 Å². The van der Waals surface area contributed by atoms with Crippen LogP contribution in [-0.4, -0.2) is 24.5 Å². The van der Waals surface area contributed by atoms with Gasteiger partial charge in [0.2, 0.25) is 0 Å². The monoisotopic (exact) mass is 340 g/mol. The fourth-order valence-electron chi connectivity index (χ4n) is 1.45. The van der Waals surface area contributed by atoms with Gasteiger partial charge in [0, 0.05) is 32.7 Å². The maximum atomic E-state index is 3.94. The molecule has 0 rings (SSSR count). The predicted molar refractivity (Wildman–Crippen MR) is 87.6 cm³/mol. The van der Waals surface area contributed by atoms with Gasteiger partial charge in [-0.25, -0.2) is 0 Å². The van der Waals surface area contributed by atoms with Gasteiger partial charge < -0.3 is 19.3 Å². The fraction of sp³-hybridized carbons (Fsp3) is 0.529. The maximum absolute atomic E-state index is 3.94. The van der Waals surface area contributed by atoms with Crippen LogP contribution >= 0.6 is 0 Å². The van der Waals surface area contributed by atoms with Crippen LogP contribution in [0.3, 0.4) is 0 Å². The van der Waals surface area contributed by atoms with Crippen molar-refractivity contribution >= 4 is 0 Å². The van der Waals surface area contributed by atoms with E-state index in [0.717, 1.165) is 26.1 Å². The van der Waals surface area contributed by atoms with Crippen molar-refractivity contribution in [3.05, 3.63) is 50.8 Å². The molecule has 0 aliphatic heterocycles. The predicted octanol–water partition coefficient (Wildman–Crippen LogP) is 5.09. The first kappa shape index (κ1) is 27.6. The third-order valence-electron chi connectivity index (χ3n) is 2.39. The van der Waals surface area contributed by atoms with E-state index in [2.05, 4.69) is 44.4 Å². The van der Waals surface area contributed by atoms with Gasteiger partial charge in [0.1, 0.15) is 0 Å². The summed E-state index contributed by atoms with van der Waals surface area (Å²) in [7, 11) is 0. The van der Waals surface area contributed by atoms with Gasteiger partial charge in [-0.05, 0) is 32.9 Å². The number of hydrogen-bond acceptors (Lipinski definition) is 1. The molecule has 0 unspecified atom stereocenters. The van der Waals surface area contributed by atoms with Crippen molar-refractivity contribution in [3.8, 4) is 0 Å². The summed E-state index contributed by atoms with van der Waals surface area (Å²) in [4.78, 5) is 2.38. The van der Waals surface area contributed by atoms with E-state index in [0.29, 0.717) is 0 Å². The molecule has 111 valence electrons. The summed E-state index contributed by atoms with van der Waals surface area (Å²) in [5.41, 5.74) is 1.37. The Morgan fingerprint density at radius 3 is 2.21 bits per heavy atom. The zero-order valence-electron chi connectivity index (χ0n) is 13.8. The van der Waals surface area contributed by atoms with E-state index in [1.807, 2.05) is 26.0 Å². The maximum Gasteiger partial charge on any atom is 0 e. The summed E-state index contributed by atoms with van der Waals surface area (Å²) < 4.78 is 0. The summed E-state index contributed by atoms with van der Waals surface area (Å²) >= 11 is 0.